The molecule has 1 aromatic heterocycles. The van der Waals surface area contributed by atoms with E-state index in [0.29, 0.717) is 29.2 Å². The summed E-state index contributed by atoms with van der Waals surface area (Å²) in [4.78, 5) is 22.0. The molecule has 0 fully saturated rings. The third-order valence-corrected chi connectivity index (χ3v) is 5.44. The van der Waals surface area contributed by atoms with Crippen molar-refractivity contribution < 1.29 is 18.3 Å². The zero-order chi connectivity index (χ0) is 24.6. The lowest BCUT2D eigenvalue weighted by Gasteiger charge is -2.20. The van der Waals surface area contributed by atoms with Crippen molar-refractivity contribution in [2.75, 3.05) is 11.9 Å². The second-order valence-electron chi connectivity index (χ2n) is 7.97. The number of anilines is 1. The standard InChI is InChI=1S/C28H25F2N3O2/c1-2-35-28(34)25(17-20-12-14-21(29)15-13-20)33-27-24(16-19-8-4-3-5-9-19)32-26(18-31-27)22-10-6-7-11-23(22)30/h3-15,18,25H,2,16-17H2,1H3,(H,31,33). The van der Waals surface area contributed by atoms with E-state index in [1.54, 1.807) is 37.3 Å². The van der Waals surface area contributed by atoms with Gasteiger partial charge in [0, 0.05) is 18.4 Å². The summed E-state index contributed by atoms with van der Waals surface area (Å²) < 4.78 is 33.1. The number of rotatable bonds is 9. The van der Waals surface area contributed by atoms with Crippen LogP contribution in [-0.4, -0.2) is 28.6 Å². The number of nitrogens with one attached hydrogen (secondary N) is 1. The van der Waals surface area contributed by atoms with Crippen molar-refractivity contribution in [1.82, 2.24) is 9.97 Å². The normalized spacial score (nSPS) is 11.6. The van der Waals surface area contributed by atoms with Crippen LogP contribution in [0.3, 0.4) is 0 Å². The molecule has 0 radical (unpaired) electrons. The first-order chi connectivity index (χ1) is 17.0. The Bertz CT molecular complexity index is 1280. The zero-order valence-electron chi connectivity index (χ0n) is 19.2. The van der Waals surface area contributed by atoms with E-state index in [1.807, 2.05) is 30.3 Å². The maximum absolute atomic E-state index is 14.4. The van der Waals surface area contributed by atoms with Gasteiger partial charge in [-0.15, -0.1) is 0 Å². The molecule has 1 unspecified atom stereocenters. The van der Waals surface area contributed by atoms with Gasteiger partial charge in [0.25, 0.3) is 0 Å². The minimum atomic E-state index is -0.774. The molecule has 1 N–H and O–H groups in total. The summed E-state index contributed by atoms with van der Waals surface area (Å²) >= 11 is 0. The van der Waals surface area contributed by atoms with Crippen molar-refractivity contribution in [2.45, 2.75) is 25.8 Å². The van der Waals surface area contributed by atoms with Crippen LogP contribution in [0.1, 0.15) is 23.7 Å². The van der Waals surface area contributed by atoms with Gasteiger partial charge in [0.05, 0.1) is 24.2 Å². The number of aromatic nitrogens is 2. The zero-order valence-corrected chi connectivity index (χ0v) is 19.2. The molecule has 0 aliphatic heterocycles. The Morgan fingerprint density at radius 3 is 2.37 bits per heavy atom. The molecule has 4 rings (SSSR count). The van der Waals surface area contributed by atoms with Crippen LogP contribution in [0.5, 0.6) is 0 Å². The maximum Gasteiger partial charge on any atom is 0.328 e. The summed E-state index contributed by atoms with van der Waals surface area (Å²) in [6.45, 7) is 1.95. The summed E-state index contributed by atoms with van der Waals surface area (Å²) in [5.74, 6) is -0.806. The molecular formula is C28H25F2N3O2. The van der Waals surface area contributed by atoms with Crippen LogP contribution in [0.25, 0.3) is 11.3 Å². The van der Waals surface area contributed by atoms with E-state index >= 15 is 0 Å². The SMILES string of the molecule is CCOC(=O)C(Cc1ccc(F)cc1)Nc1ncc(-c2ccccc2F)nc1Cc1ccccc1. The lowest BCUT2D eigenvalue weighted by atomic mass is 10.0. The summed E-state index contributed by atoms with van der Waals surface area (Å²) in [6.07, 6.45) is 2.17. The Morgan fingerprint density at radius 1 is 0.943 bits per heavy atom. The van der Waals surface area contributed by atoms with Crippen LogP contribution in [-0.2, 0) is 22.4 Å². The summed E-state index contributed by atoms with van der Waals surface area (Å²) in [5.41, 5.74) is 3.05. The predicted molar refractivity (Wildman–Crippen MR) is 131 cm³/mol. The van der Waals surface area contributed by atoms with Gasteiger partial charge < -0.3 is 10.1 Å². The van der Waals surface area contributed by atoms with Gasteiger partial charge in [-0.25, -0.2) is 23.5 Å². The van der Waals surface area contributed by atoms with Crippen molar-refractivity contribution in [2.24, 2.45) is 0 Å². The number of esters is 1. The molecule has 35 heavy (non-hydrogen) atoms. The summed E-state index contributed by atoms with van der Waals surface area (Å²) in [6, 6.07) is 21.2. The lowest BCUT2D eigenvalue weighted by Crippen LogP contribution is -2.34. The van der Waals surface area contributed by atoms with E-state index in [0.717, 1.165) is 11.1 Å². The van der Waals surface area contributed by atoms with Crippen LogP contribution in [0, 0.1) is 11.6 Å². The minimum absolute atomic E-state index is 0.217. The van der Waals surface area contributed by atoms with Gasteiger partial charge in [0.15, 0.2) is 0 Å². The Labute approximate surface area is 202 Å². The van der Waals surface area contributed by atoms with Gasteiger partial charge in [-0.2, -0.15) is 0 Å². The average Bonchev–Trinajstić information content (AvgIpc) is 2.87. The largest absolute Gasteiger partial charge is 0.464 e. The van der Waals surface area contributed by atoms with Crippen molar-refractivity contribution in [1.29, 1.82) is 0 Å². The van der Waals surface area contributed by atoms with Crippen LogP contribution in [0.4, 0.5) is 14.6 Å². The molecule has 5 nitrogen and oxygen atoms in total. The first-order valence-corrected chi connectivity index (χ1v) is 11.4. The van der Waals surface area contributed by atoms with E-state index in [4.69, 9.17) is 9.72 Å². The summed E-state index contributed by atoms with van der Waals surface area (Å²) in [5, 5.41) is 3.17. The Hall–Kier alpha value is -4.13. The molecule has 0 saturated carbocycles. The number of carbonyl (C=O) groups excluding carboxylic acids is 1. The van der Waals surface area contributed by atoms with Crippen LogP contribution >= 0.6 is 0 Å². The number of benzene rings is 3. The first-order valence-electron chi connectivity index (χ1n) is 11.4. The highest BCUT2D eigenvalue weighted by Crippen LogP contribution is 2.25. The number of halogens is 2. The molecule has 0 aliphatic carbocycles. The molecule has 0 saturated heterocycles. The molecule has 4 aromatic rings. The fourth-order valence-corrected chi connectivity index (χ4v) is 3.72. The highest BCUT2D eigenvalue weighted by atomic mass is 19.1. The van der Waals surface area contributed by atoms with Crippen molar-refractivity contribution >= 4 is 11.8 Å². The minimum Gasteiger partial charge on any atom is -0.464 e. The fraction of sp³-hybridized carbons (Fsp3) is 0.179. The van der Waals surface area contributed by atoms with Gasteiger partial charge in [-0.3, -0.25) is 0 Å². The molecule has 0 aliphatic rings. The van der Waals surface area contributed by atoms with E-state index in [2.05, 4.69) is 10.3 Å². The Morgan fingerprint density at radius 2 is 1.66 bits per heavy atom. The monoisotopic (exact) mass is 473 g/mol. The van der Waals surface area contributed by atoms with Gasteiger partial charge in [0.2, 0.25) is 0 Å². The Balaban J connectivity index is 1.70. The molecular weight excluding hydrogens is 448 g/mol. The van der Waals surface area contributed by atoms with Crippen molar-refractivity contribution in [3.8, 4) is 11.3 Å². The molecule has 0 bridgehead atoms. The highest BCUT2D eigenvalue weighted by molar-refractivity contribution is 5.79. The van der Waals surface area contributed by atoms with Gasteiger partial charge in [0.1, 0.15) is 23.5 Å². The first kappa shape index (κ1) is 24.0. The number of hydrogen-bond acceptors (Lipinski definition) is 5. The fourth-order valence-electron chi connectivity index (χ4n) is 3.72. The molecule has 1 heterocycles. The Kier molecular flexibility index (Phi) is 7.77. The molecule has 3 aromatic carbocycles. The smallest absolute Gasteiger partial charge is 0.328 e. The van der Waals surface area contributed by atoms with Crippen LogP contribution < -0.4 is 5.32 Å². The highest BCUT2D eigenvalue weighted by Gasteiger charge is 2.23. The van der Waals surface area contributed by atoms with Crippen LogP contribution in [0.2, 0.25) is 0 Å². The van der Waals surface area contributed by atoms with E-state index in [1.165, 1.54) is 24.4 Å². The molecule has 1 atom stereocenters. The predicted octanol–water partition coefficient (Wildman–Crippen LogP) is 5.60. The van der Waals surface area contributed by atoms with E-state index < -0.39 is 17.8 Å². The number of nitrogens with zero attached hydrogens (tertiary/aromatic N) is 2. The van der Waals surface area contributed by atoms with E-state index in [-0.39, 0.29) is 18.8 Å². The van der Waals surface area contributed by atoms with Gasteiger partial charge in [-0.1, -0.05) is 54.6 Å². The maximum atomic E-state index is 14.4. The molecule has 0 spiro atoms. The van der Waals surface area contributed by atoms with Gasteiger partial charge >= 0.3 is 5.97 Å². The van der Waals surface area contributed by atoms with Crippen LogP contribution in [0.15, 0.2) is 85.1 Å². The molecule has 7 heteroatoms. The third kappa shape index (κ3) is 6.26. The van der Waals surface area contributed by atoms with Gasteiger partial charge in [-0.05, 0) is 42.3 Å². The lowest BCUT2D eigenvalue weighted by molar-refractivity contribution is -0.144. The van der Waals surface area contributed by atoms with Crippen molar-refractivity contribution in [3.05, 3.63) is 114 Å². The third-order valence-electron chi connectivity index (χ3n) is 5.44. The van der Waals surface area contributed by atoms with E-state index in [9.17, 15) is 13.6 Å². The molecule has 178 valence electrons. The van der Waals surface area contributed by atoms with Crippen molar-refractivity contribution in [3.63, 3.8) is 0 Å². The number of carbonyl (C=O) groups is 1. The quantitative estimate of drug-likeness (QED) is 0.321. The second-order valence-corrected chi connectivity index (χ2v) is 7.97. The second kappa shape index (κ2) is 11.3. The number of hydrogen-bond donors (Lipinski definition) is 1. The summed E-state index contributed by atoms with van der Waals surface area (Å²) in [7, 11) is 0. The number of ether oxygens (including phenoxy) is 1. The topological polar surface area (TPSA) is 64.1 Å². The molecule has 0 amide bonds. The average molecular weight is 474 g/mol.